The number of carboxylic acid groups (broad SMARTS) is 1. The topological polar surface area (TPSA) is 69.6 Å². The summed E-state index contributed by atoms with van der Waals surface area (Å²) in [5, 5.41) is 12.4. The van der Waals surface area contributed by atoms with Crippen molar-refractivity contribution in [3.05, 3.63) is 84.4 Å². The highest BCUT2D eigenvalue weighted by atomic mass is 32.2. The van der Waals surface area contributed by atoms with Crippen molar-refractivity contribution in [2.45, 2.75) is 68.1 Å². The number of aliphatic carboxylic acids is 1. The van der Waals surface area contributed by atoms with Gasteiger partial charge in [-0.3, -0.25) is 9.69 Å². The highest BCUT2D eigenvalue weighted by molar-refractivity contribution is 7.99. The molecular weight excluding hydrogens is 468 g/mol. The Hall–Kier alpha value is -3.25. The van der Waals surface area contributed by atoms with Gasteiger partial charge in [-0.15, -0.1) is 0 Å². The van der Waals surface area contributed by atoms with E-state index in [9.17, 15) is 14.7 Å². The summed E-state index contributed by atoms with van der Waals surface area (Å²) in [6.45, 7) is 4.74. The molecular formula is C30H36N2O3S. The molecule has 0 saturated heterocycles. The fraction of sp³-hybridized carbons (Fsp3) is 0.333. The van der Waals surface area contributed by atoms with E-state index in [1.807, 2.05) is 90.7 Å². The van der Waals surface area contributed by atoms with Crippen molar-refractivity contribution in [3.63, 3.8) is 0 Å². The van der Waals surface area contributed by atoms with Gasteiger partial charge in [0.25, 0.3) is 0 Å². The predicted octanol–water partition coefficient (Wildman–Crippen LogP) is 8.42. The van der Waals surface area contributed by atoms with Crippen molar-refractivity contribution >= 4 is 35.1 Å². The molecule has 3 aromatic carbocycles. The Morgan fingerprint density at radius 2 is 1.58 bits per heavy atom. The molecule has 6 heteroatoms. The van der Waals surface area contributed by atoms with Gasteiger partial charge < -0.3 is 10.4 Å². The third-order valence-corrected chi connectivity index (χ3v) is 7.11. The number of urea groups is 1. The van der Waals surface area contributed by atoms with Crippen LogP contribution in [0.3, 0.4) is 0 Å². The van der Waals surface area contributed by atoms with Crippen LogP contribution >= 0.6 is 11.8 Å². The number of carboxylic acids is 1. The van der Waals surface area contributed by atoms with Gasteiger partial charge in [-0.2, -0.15) is 0 Å². The molecule has 190 valence electrons. The summed E-state index contributed by atoms with van der Waals surface area (Å²) in [4.78, 5) is 28.6. The Morgan fingerprint density at radius 1 is 0.861 bits per heavy atom. The van der Waals surface area contributed by atoms with Crippen molar-refractivity contribution in [2.75, 3.05) is 16.8 Å². The molecule has 1 atom stereocenters. The van der Waals surface area contributed by atoms with Gasteiger partial charge in [-0.25, -0.2) is 4.79 Å². The lowest BCUT2D eigenvalue weighted by atomic mass is 9.97. The maximum Gasteiger partial charge on any atom is 0.326 e. The molecule has 0 bridgehead atoms. The van der Waals surface area contributed by atoms with Gasteiger partial charge >= 0.3 is 12.0 Å². The largest absolute Gasteiger partial charge is 0.481 e. The van der Waals surface area contributed by atoms with Gasteiger partial charge in [0.1, 0.15) is 0 Å². The van der Waals surface area contributed by atoms with E-state index >= 15 is 0 Å². The molecule has 0 aliphatic carbocycles. The first-order valence-corrected chi connectivity index (χ1v) is 13.6. The minimum atomic E-state index is -0.797. The quantitative estimate of drug-likeness (QED) is 0.229. The summed E-state index contributed by atoms with van der Waals surface area (Å²) in [5.74, 6) is -1.28. The Morgan fingerprint density at radius 3 is 2.25 bits per heavy atom. The van der Waals surface area contributed by atoms with Crippen LogP contribution in [0.4, 0.5) is 16.2 Å². The zero-order valence-electron chi connectivity index (χ0n) is 21.2. The van der Waals surface area contributed by atoms with Crippen molar-refractivity contribution < 1.29 is 14.7 Å². The lowest BCUT2D eigenvalue weighted by molar-refractivity contribution is -0.138. The van der Waals surface area contributed by atoms with Crippen LogP contribution in [0.25, 0.3) is 0 Å². The molecule has 0 aliphatic rings. The smallest absolute Gasteiger partial charge is 0.326 e. The highest BCUT2D eigenvalue weighted by Crippen LogP contribution is 2.32. The maximum atomic E-state index is 13.2. The number of hydrogen-bond donors (Lipinski definition) is 2. The van der Waals surface area contributed by atoms with Crippen LogP contribution in [-0.4, -0.2) is 23.7 Å². The molecule has 0 aliphatic heterocycles. The number of benzene rings is 3. The zero-order chi connectivity index (χ0) is 25.8. The van der Waals surface area contributed by atoms with E-state index in [0.29, 0.717) is 13.0 Å². The van der Waals surface area contributed by atoms with Crippen molar-refractivity contribution in [1.29, 1.82) is 0 Å². The van der Waals surface area contributed by atoms with Gasteiger partial charge in [-0.1, -0.05) is 87.7 Å². The number of para-hydroxylation sites is 1. The number of rotatable bonds is 13. The molecule has 5 nitrogen and oxygen atoms in total. The third-order valence-electron chi connectivity index (χ3n) is 6.11. The van der Waals surface area contributed by atoms with E-state index in [-0.39, 0.29) is 6.03 Å². The molecule has 36 heavy (non-hydrogen) atoms. The normalized spacial score (nSPS) is 11.6. The van der Waals surface area contributed by atoms with Crippen LogP contribution in [0, 0.1) is 0 Å². The average molecular weight is 505 g/mol. The standard InChI is InChI=1S/C30H36N2O3S/c1-3-5-6-7-11-21-32(30(35)31-24-13-9-8-10-14-24)25-15-12-16-27(22-25)36-26-19-17-23(18-20-26)28(4-2)29(33)34/h8-10,12-20,22,28H,3-7,11,21H2,1-2H3,(H,31,35)(H,33,34). The Bertz CT molecular complexity index is 1100. The van der Waals surface area contributed by atoms with Gasteiger partial charge in [-0.05, 0) is 60.9 Å². The van der Waals surface area contributed by atoms with Gasteiger partial charge in [0.15, 0.2) is 0 Å². The number of carbonyl (C=O) groups excluding carboxylic acids is 1. The fourth-order valence-corrected chi connectivity index (χ4v) is 4.98. The first kappa shape index (κ1) is 27.3. The number of amides is 2. The van der Waals surface area contributed by atoms with Crippen LogP contribution in [0.15, 0.2) is 88.7 Å². The molecule has 0 saturated carbocycles. The number of nitrogens with one attached hydrogen (secondary N) is 1. The first-order valence-electron chi connectivity index (χ1n) is 12.8. The maximum absolute atomic E-state index is 13.2. The number of carbonyl (C=O) groups is 2. The lowest BCUT2D eigenvalue weighted by Crippen LogP contribution is -2.35. The second-order valence-corrected chi connectivity index (χ2v) is 9.98. The van der Waals surface area contributed by atoms with Gasteiger partial charge in [0, 0.05) is 27.7 Å². The molecule has 0 radical (unpaired) electrons. The van der Waals surface area contributed by atoms with Gasteiger partial charge in [0.2, 0.25) is 0 Å². The van der Waals surface area contributed by atoms with Crippen molar-refractivity contribution in [3.8, 4) is 0 Å². The molecule has 0 heterocycles. The van der Waals surface area contributed by atoms with E-state index < -0.39 is 11.9 Å². The Kier molecular flexibility index (Phi) is 10.9. The number of nitrogens with zero attached hydrogens (tertiary/aromatic N) is 1. The zero-order valence-corrected chi connectivity index (χ0v) is 22.0. The van der Waals surface area contributed by atoms with Crippen LogP contribution in [-0.2, 0) is 4.79 Å². The van der Waals surface area contributed by atoms with Gasteiger partial charge in [0.05, 0.1) is 5.92 Å². The van der Waals surface area contributed by atoms with Crippen LogP contribution in [0.1, 0.15) is 63.9 Å². The molecule has 0 spiro atoms. The molecule has 0 fully saturated rings. The fourth-order valence-electron chi connectivity index (χ4n) is 4.11. The Labute approximate surface area is 218 Å². The number of anilines is 2. The average Bonchev–Trinajstić information content (AvgIpc) is 2.88. The Balaban J connectivity index is 1.75. The van der Waals surface area contributed by atoms with Crippen LogP contribution < -0.4 is 10.2 Å². The molecule has 2 amide bonds. The SMILES string of the molecule is CCCCCCCN(C(=O)Nc1ccccc1)c1cccc(Sc2ccc(C(CC)C(=O)O)cc2)c1. The van der Waals surface area contributed by atoms with E-state index in [2.05, 4.69) is 12.2 Å². The first-order chi connectivity index (χ1) is 17.5. The second kappa shape index (κ2) is 14.3. The predicted molar refractivity (Wildman–Crippen MR) is 149 cm³/mol. The summed E-state index contributed by atoms with van der Waals surface area (Å²) in [7, 11) is 0. The molecule has 3 rings (SSSR count). The van der Waals surface area contributed by atoms with Crippen molar-refractivity contribution in [2.24, 2.45) is 0 Å². The second-order valence-electron chi connectivity index (χ2n) is 8.83. The van der Waals surface area contributed by atoms with E-state index in [4.69, 9.17) is 0 Å². The summed E-state index contributed by atoms with van der Waals surface area (Å²) < 4.78 is 0. The molecule has 1 unspecified atom stereocenters. The number of hydrogen-bond acceptors (Lipinski definition) is 3. The highest BCUT2D eigenvalue weighted by Gasteiger charge is 2.18. The molecule has 3 aromatic rings. The summed E-state index contributed by atoms with van der Waals surface area (Å²) in [5.41, 5.74) is 2.45. The van der Waals surface area contributed by atoms with E-state index in [0.717, 1.165) is 39.6 Å². The lowest BCUT2D eigenvalue weighted by Gasteiger charge is -2.24. The minimum absolute atomic E-state index is 0.137. The van der Waals surface area contributed by atoms with Crippen molar-refractivity contribution in [1.82, 2.24) is 0 Å². The monoisotopic (exact) mass is 504 g/mol. The minimum Gasteiger partial charge on any atom is -0.481 e. The van der Waals surface area contributed by atoms with E-state index in [1.165, 1.54) is 19.3 Å². The summed E-state index contributed by atoms with van der Waals surface area (Å²) in [6.07, 6.45) is 6.18. The molecule has 2 N–H and O–H groups in total. The summed E-state index contributed by atoms with van der Waals surface area (Å²) >= 11 is 1.60. The van der Waals surface area contributed by atoms with Crippen LogP contribution in [0.2, 0.25) is 0 Å². The van der Waals surface area contributed by atoms with E-state index in [1.54, 1.807) is 11.8 Å². The molecule has 0 aromatic heterocycles. The summed E-state index contributed by atoms with van der Waals surface area (Å²) in [6, 6.07) is 25.1. The third kappa shape index (κ3) is 8.16. The number of unbranched alkanes of at least 4 members (excludes halogenated alkanes) is 4. The van der Waals surface area contributed by atoms with Crippen LogP contribution in [0.5, 0.6) is 0 Å².